The first-order valence-corrected chi connectivity index (χ1v) is 8.10. The molecule has 2 aromatic carbocycles. The van der Waals surface area contributed by atoms with Crippen LogP contribution in [-0.2, 0) is 28.0 Å². The lowest BCUT2D eigenvalue weighted by molar-refractivity contribution is 0.0696. The molecule has 0 unspecified atom stereocenters. The van der Waals surface area contributed by atoms with Crippen molar-refractivity contribution in [1.29, 1.82) is 0 Å². The van der Waals surface area contributed by atoms with E-state index in [0.29, 0.717) is 13.2 Å². The predicted octanol–water partition coefficient (Wildman–Crippen LogP) is 2.35. The van der Waals surface area contributed by atoms with Crippen LogP contribution in [-0.4, -0.2) is 19.5 Å². The molecule has 3 rings (SSSR count). The fourth-order valence-electron chi connectivity index (χ4n) is 2.25. The summed E-state index contributed by atoms with van der Waals surface area (Å²) in [5.74, 6) is -2.25. The molecular formula is C15H12FNO5S. The number of halogens is 1. The number of rotatable bonds is 4. The van der Waals surface area contributed by atoms with Gasteiger partial charge in [0.25, 0.3) is 10.0 Å². The number of carboxylic acids is 1. The minimum atomic E-state index is -3.98. The van der Waals surface area contributed by atoms with Crippen LogP contribution in [0.25, 0.3) is 0 Å². The smallest absolute Gasteiger partial charge is 0.335 e. The summed E-state index contributed by atoms with van der Waals surface area (Å²) >= 11 is 0. The second-order valence-corrected chi connectivity index (χ2v) is 6.71. The minimum absolute atomic E-state index is 0.0107. The minimum Gasteiger partial charge on any atom is -0.478 e. The Morgan fingerprint density at radius 3 is 2.57 bits per heavy atom. The van der Waals surface area contributed by atoms with Gasteiger partial charge in [0, 0.05) is 0 Å². The Balaban J connectivity index is 1.91. The molecule has 1 heterocycles. The van der Waals surface area contributed by atoms with E-state index in [1.54, 1.807) is 6.07 Å². The number of carbonyl (C=O) groups is 1. The van der Waals surface area contributed by atoms with E-state index in [9.17, 15) is 17.6 Å². The fourth-order valence-corrected chi connectivity index (χ4v) is 3.37. The first-order valence-electron chi connectivity index (χ1n) is 6.62. The molecule has 0 aromatic heterocycles. The number of nitrogens with one attached hydrogen (secondary N) is 1. The normalized spacial score (nSPS) is 13.6. The third-order valence-corrected chi connectivity index (χ3v) is 4.83. The average molecular weight is 337 g/mol. The molecule has 0 radical (unpaired) electrons. The number of ether oxygens (including phenoxy) is 1. The third-order valence-electron chi connectivity index (χ3n) is 3.46. The maximum Gasteiger partial charge on any atom is 0.335 e. The van der Waals surface area contributed by atoms with Crippen LogP contribution in [0.2, 0.25) is 0 Å². The zero-order valence-electron chi connectivity index (χ0n) is 11.7. The van der Waals surface area contributed by atoms with Crippen molar-refractivity contribution >= 4 is 21.7 Å². The number of aromatic carboxylic acids is 1. The van der Waals surface area contributed by atoms with Crippen LogP contribution >= 0.6 is 0 Å². The van der Waals surface area contributed by atoms with E-state index >= 15 is 0 Å². The molecule has 0 bridgehead atoms. The van der Waals surface area contributed by atoms with Gasteiger partial charge >= 0.3 is 5.97 Å². The summed E-state index contributed by atoms with van der Waals surface area (Å²) in [6, 6.07) is 7.51. The molecule has 8 heteroatoms. The third kappa shape index (κ3) is 3.03. The molecule has 23 heavy (non-hydrogen) atoms. The Bertz CT molecular complexity index is 895. The van der Waals surface area contributed by atoms with E-state index in [-0.39, 0.29) is 16.1 Å². The summed E-state index contributed by atoms with van der Waals surface area (Å²) in [5, 5.41) is 8.78. The maximum absolute atomic E-state index is 13.9. The molecule has 1 aliphatic rings. The highest BCUT2D eigenvalue weighted by Crippen LogP contribution is 2.25. The molecule has 0 atom stereocenters. The molecule has 2 aromatic rings. The van der Waals surface area contributed by atoms with Crippen LogP contribution in [0.1, 0.15) is 21.5 Å². The molecule has 6 nitrogen and oxygen atoms in total. The Labute approximate surface area is 131 Å². The zero-order chi connectivity index (χ0) is 16.6. The molecule has 0 spiro atoms. The summed E-state index contributed by atoms with van der Waals surface area (Å²) in [4.78, 5) is 10.8. The van der Waals surface area contributed by atoms with Crippen LogP contribution in [0.4, 0.5) is 10.1 Å². The van der Waals surface area contributed by atoms with Gasteiger partial charge < -0.3 is 9.84 Å². The number of benzene rings is 2. The van der Waals surface area contributed by atoms with Gasteiger partial charge in [0.05, 0.1) is 29.4 Å². The van der Waals surface area contributed by atoms with Crippen LogP contribution in [0.5, 0.6) is 0 Å². The maximum atomic E-state index is 13.9. The van der Waals surface area contributed by atoms with E-state index in [1.165, 1.54) is 12.1 Å². The van der Waals surface area contributed by atoms with Gasteiger partial charge in [0.15, 0.2) is 0 Å². The Morgan fingerprint density at radius 1 is 1.13 bits per heavy atom. The monoisotopic (exact) mass is 337 g/mol. The van der Waals surface area contributed by atoms with Gasteiger partial charge in [-0.05, 0) is 41.5 Å². The standard InChI is InChI=1S/C15H12FNO5S/c16-13-6-9(15(18)19)2-4-14(13)17-23(20,21)12-3-1-10-7-22-8-11(10)5-12/h1-6,17H,7-8H2,(H,18,19). The number of hydrogen-bond donors (Lipinski definition) is 2. The van der Waals surface area contributed by atoms with E-state index in [4.69, 9.17) is 9.84 Å². The first-order chi connectivity index (χ1) is 10.9. The van der Waals surface area contributed by atoms with Gasteiger partial charge in [-0.3, -0.25) is 4.72 Å². The van der Waals surface area contributed by atoms with Crippen molar-refractivity contribution in [2.75, 3.05) is 4.72 Å². The zero-order valence-corrected chi connectivity index (χ0v) is 12.6. The van der Waals surface area contributed by atoms with E-state index < -0.39 is 21.8 Å². The van der Waals surface area contributed by atoms with Crippen molar-refractivity contribution in [3.8, 4) is 0 Å². The molecule has 0 saturated carbocycles. The molecule has 120 valence electrons. The van der Waals surface area contributed by atoms with Crippen molar-refractivity contribution in [2.45, 2.75) is 18.1 Å². The molecule has 0 amide bonds. The average Bonchev–Trinajstić information content (AvgIpc) is 2.96. The molecule has 1 aliphatic heterocycles. The first kappa shape index (κ1) is 15.4. The van der Waals surface area contributed by atoms with E-state index in [1.807, 2.05) is 0 Å². The van der Waals surface area contributed by atoms with Crippen molar-refractivity contribution in [3.63, 3.8) is 0 Å². The van der Waals surface area contributed by atoms with Gasteiger partial charge in [0.2, 0.25) is 0 Å². The SMILES string of the molecule is O=C(O)c1ccc(NS(=O)(=O)c2ccc3c(c2)COC3)c(F)c1. The number of fused-ring (bicyclic) bond motifs is 1. The lowest BCUT2D eigenvalue weighted by Gasteiger charge is -2.10. The van der Waals surface area contributed by atoms with Gasteiger partial charge in [-0.15, -0.1) is 0 Å². The Kier molecular flexibility index (Phi) is 3.78. The predicted molar refractivity (Wildman–Crippen MR) is 79.1 cm³/mol. The fraction of sp³-hybridized carbons (Fsp3) is 0.133. The van der Waals surface area contributed by atoms with E-state index in [2.05, 4.69) is 4.72 Å². The molecule has 0 saturated heterocycles. The van der Waals surface area contributed by atoms with Gasteiger partial charge in [0.1, 0.15) is 5.82 Å². The highest BCUT2D eigenvalue weighted by molar-refractivity contribution is 7.92. The second-order valence-electron chi connectivity index (χ2n) is 5.03. The summed E-state index contributed by atoms with van der Waals surface area (Å²) in [7, 11) is -3.98. The van der Waals surface area contributed by atoms with Gasteiger partial charge in [-0.1, -0.05) is 6.07 Å². The highest BCUT2D eigenvalue weighted by Gasteiger charge is 2.20. The number of sulfonamides is 1. The Hall–Kier alpha value is -2.45. The lowest BCUT2D eigenvalue weighted by atomic mass is 10.1. The van der Waals surface area contributed by atoms with Crippen LogP contribution < -0.4 is 4.72 Å². The van der Waals surface area contributed by atoms with Crippen molar-refractivity contribution < 1.29 is 27.4 Å². The molecule has 0 aliphatic carbocycles. The van der Waals surface area contributed by atoms with Gasteiger partial charge in [-0.25, -0.2) is 17.6 Å². The number of anilines is 1. The second kappa shape index (κ2) is 5.64. The summed E-state index contributed by atoms with van der Waals surface area (Å²) in [5.41, 5.74) is 1.11. The van der Waals surface area contributed by atoms with Crippen molar-refractivity contribution in [2.24, 2.45) is 0 Å². The summed E-state index contributed by atoms with van der Waals surface area (Å²) < 4.78 is 45.9. The van der Waals surface area contributed by atoms with Crippen molar-refractivity contribution in [1.82, 2.24) is 0 Å². The molecule has 2 N–H and O–H groups in total. The van der Waals surface area contributed by atoms with Crippen LogP contribution in [0, 0.1) is 5.82 Å². The van der Waals surface area contributed by atoms with Gasteiger partial charge in [-0.2, -0.15) is 0 Å². The van der Waals surface area contributed by atoms with E-state index in [0.717, 1.165) is 29.3 Å². The summed E-state index contributed by atoms with van der Waals surface area (Å²) in [6.45, 7) is 0.773. The molecular weight excluding hydrogens is 325 g/mol. The van der Waals surface area contributed by atoms with Crippen LogP contribution in [0.15, 0.2) is 41.3 Å². The summed E-state index contributed by atoms with van der Waals surface area (Å²) in [6.07, 6.45) is 0. The largest absolute Gasteiger partial charge is 0.478 e. The number of carboxylic acid groups (broad SMARTS) is 1. The molecule has 0 fully saturated rings. The highest BCUT2D eigenvalue weighted by atomic mass is 32.2. The Morgan fingerprint density at radius 2 is 1.87 bits per heavy atom. The number of hydrogen-bond acceptors (Lipinski definition) is 4. The van der Waals surface area contributed by atoms with Crippen molar-refractivity contribution in [3.05, 3.63) is 58.9 Å². The lowest BCUT2D eigenvalue weighted by Crippen LogP contribution is -2.14. The topological polar surface area (TPSA) is 92.7 Å². The van der Waals surface area contributed by atoms with Crippen LogP contribution in [0.3, 0.4) is 0 Å². The quantitative estimate of drug-likeness (QED) is 0.893.